The zero-order valence-electron chi connectivity index (χ0n) is 25.6. The second-order valence-corrected chi connectivity index (χ2v) is 11.9. The van der Waals surface area contributed by atoms with E-state index in [1.54, 1.807) is 0 Å². The van der Waals surface area contributed by atoms with Gasteiger partial charge in [-0.2, -0.15) is 0 Å². The number of aryl methyl sites for hydroxylation is 1. The van der Waals surface area contributed by atoms with E-state index in [1.165, 1.54) is 21.9 Å². The number of rotatable bonds is 5. The second kappa shape index (κ2) is 11.3. The van der Waals surface area contributed by atoms with E-state index in [2.05, 4.69) is 91.0 Å². The van der Waals surface area contributed by atoms with Gasteiger partial charge in [-0.3, -0.25) is 0 Å². The molecule has 0 spiro atoms. The maximum atomic E-state index is 6.72. The van der Waals surface area contributed by atoms with Crippen molar-refractivity contribution >= 4 is 27.3 Å². The van der Waals surface area contributed by atoms with Crippen LogP contribution in [0.2, 0.25) is 0 Å². The minimum Gasteiger partial charge on any atom is -0.460 e. The Bertz CT molecular complexity index is 2380. The predicted octanol–water partition coefficient (Wildman–Crippen LogP) is 10.8. The molecule has 4 heteroatoms. The van der Waals surface area contributed by atoms with E-state index in [1.807, 2.05) is 60.7 Å². The Morgan fingerprint density at radius 1 is 0.447 bits per heavy atom. The number of nitrogens with zero attached hydrogens (tertiary/aromatic N) is 3. The molecule has 8 aromatic rings. The predicted molar refractivity (Wildman–Crippen MR) is 191 cm³/mol. The molecule has 2 heterocycles. The summed E-state index contributed by atoms with van der Waals surface area (Å²) in [6.07, 6.45) is 3.93. The van der Waals surface area contributed by atoms with Crippen molar-refractivity contribution in [3.63, 3.8) is 0 Å². The Labute approximate surface area is 272 Å². The quantitative estimate of drug-likeness (QED) is 0.196. The second-order valence-electron chi connectivity index (χ2n) is 11.9. The van der Waals surface area contributed by atoms with Gasteiger partial charge in [-0.1, -0.05) is 152 Å². The molecule has 0 unspecified atom stereocenters. The minimum absolute atomic E-state index is 0.655. The average Bonchev–Trinajstić information content (AvgIpc) is 3.55. The topological polar surface area (TPSA) is 51.8 Å². The molecule has 0 aliphatic heterocycles. The SMILES string of the molecule is C1=C(c2nc(-c3ccccc3)nc(-c3ccccc3)n2)c2c(oc3c(-c4ccc(-c5cccc6ccccc56)cc4)cccc23)CC1. The zero-order chi connectivity index (χ0) is 31.2. The van der Waals surface area contributed by atoms with Gasteiger partial charge in [0.25, 0.3) is 0 Å². The van der Waals surface area contributed by atoms with Crippen LogP contribution in [0.1, 0.15) is 23.6 Å². The van der Waals surface area contributed by atoms with Crippen LogP contribution in [0.3, 0.4) is 0 Å². The summed E-state index contributed by atoms with van der Waals surface area (Å²) in [5.41, 5.74) is 9.49. The van der Waals surface area contributed by atoms with E-state index in [0.717, 1.165) is 63.0 Å². The molecule has 0 saturated heterocycles. The van der Waals surface area contributed by atoms with Crippen molar-refractivity contribution in [1.82, 2.24) is 15.0 Å². The van der Waals surface area contributed by atoms with Crippen molar-refractivity contribution in [1.29, 1.82) is 0 Å². The number of fused-ring (bicyclic) bond motifs is 4. The lowest BCUT2D eigenvalue weighted by atomic mass is 9.92. The molecule has 47 heavy (non-hydrogen) atoms. The van der Waals surface area contributed by atoms with E-state index in [9.17, 15) is 0 Å². The highest BCUT2D eigenvalue weighted by Gasteiger charge is 2.26. The lowest BCUT2D eigenvalue weighted by molar-refractivity contribution is 0.546. The Hall–Kier alpha value is -6.13. The summed E-state index contributed by atoms with van der Waals surface area (Å²) < 4.78 is 6.72. The van der Waals surface area contributed by atoms with Crippen LogP contribution in [0.15, 0.2) is 156 Å². The van der Waals surface area contributed by atoms with Gasteiger partial charge < -0.3 is 4.42 Å². The molecule has 0 N–H and O–H groups in total. The summed E-state index contributed by atoms with van der Waals surface area (Å²) >= 11 is 0. The van der Waals surface area contributed by atoms with Crippen molar-refractivity contribution in [2.24, 2.45) is 0 Å². The van der Waals surface area contributed by atoms with Gasteiger partial charge in [-0.05, 0) is 33.9 Å². The molecule has 0 fully saturated rings. The summed E-state index contributed by atoms with van der Waals surface area (Å²) in [6, 6.07) is 50.5. The standard InChI is InChI=1S/C43H29N3O/c1-3-13-31(14-4-1)41-44-42(32-15-5-2-6-16-32)46-43(45-41)37-22-11-23-38-39(37)36-21-10-20-35(40(36)47-38)30-26-24-29(25-27-30)34-19-9-17-28-12-7-8-18-33(28)34/h1-10,12-22,24-27H,11,23H2. The molecule has 222 valence electrons. The van der Waals surface area contributed by atoms with Crippen LogP contribution >= 0.6 is 0 Å². The van der Waals surface area contributed by atoms with Gasteiger partial charge in [0.1, 0.15) is 11.3 Å². The first-order chi connectivity index (χ1) is 23.3. The molecule has 4 nitrogen and oxygen atoms in total. The van der Waals surface area contributed by atoms with E-state index < -0.39 is 0 Å². The monoisotopic (exact) mass is 603 g/mol. The zero-order valence-corrected chi connectivity index (χ0v) is 25.6. The third kappa shape index (κ3) is 4.82. The summed E-state index contributed by atoms with van der Waals surface area (Å²) in [6.45, 7) is 0. The van der Waals surface area contributed by atoms with E-state index in [0.29, 0.717) is 17.5 Å². The molecule has 1 aliphatic carbocycles. The van der Waals surface area contributed by atoms with Crippen LogP contribution in [0, 0.1) is 0 Å². The summed E-state index contributed by atoms with van der Waals surface area (Å²) in [7, 11) is 0. The molecular weight excluding hydrogens is 574 g/mol. The fourth-order valence-corrected chi connectivity index (χ4v) is 6.76. The molecule has 9 rings (SSSR count). The van der Waals surface area contributed by atoms with Crippen molar-refractivity contribution < 1.29 is 4.42 Å². The van der Waals surface area contributed by atoms with Crippen molar-refractivity contribution in [3.05, 3.63) is 169 Å². The number of benzene rings is 6. The molecule has 2 aromatic heterocycles. The molecule has 0 atom stereocenters. The van der Waals surface area contributed by atoms with Gasteiger partial charge in [-0.25, -0.2) is 15.0 Å². The highest BCUT2D eigenvalue weighted by molar-refractivity contribution is 6.03. The van der Waals surface area contributed by atoms with Crippen LogP contribution in [-0.2, 0) is 6.42 Å². The van der Waals surface area contributed by atoms with Crippen LogP contribution in [0.25, 0.3) is 72.3 Å². The molecule has 0 radical (unpaired) electrons. The number of allylic oxidation sites excluding steroid dienone is 1. The average molecular weight is 604 g/mol. The summed E-state index contributed by atoms with van der Waals surface area (Å²) in [5, 5.41) is 3.57. The number of hydrogen-bond donors (Lipinski definition) is 0. The maximum Gasteiger partial charge on any atom is 0.164 e. The highest BCUT2D eigenvalue weighted by atomic mass is 16.3. The molecule has 0 amide bonds. The lowest BCUT2D eigenvalue weighted by Gasteiger charge is -2.14. The van der Waals surface area contributed by atoms with Crippen LogP contribution in [0.5, 0.6) is 0 Å². The third-order valence-corrected chi connectivity index (χ3v) is 9.01. The Balaban J connectivity index is 1.15. The van der Waals surface area contributed by atoms with Gasteiger partial charge in [0.15, 0.2) is 17.5 Å². The smallest absolute Gasteiger partial charge is 0.164 e. The molecule has 1 aliphatic rings. The Morgan fingerprint density at radius 2 is 1.00 bits per heavy atom. The van der Waals surface area contributed by atoms with E-state index in [4.69, 9.17) is 19.4 Å². The van der Waals surface area contributed by atoms with Crippen molar-refractivity contribution in [2.75, 3.05) is 0 Å². The first kappa shape index (κ1) is 27.2. The summed E-state index contributed by atoms with van der Waals surface area (Å²) in [4.78, 5) is 15.0. The van der Waals surface area contributed by atoms with Gasteiger partial charge in [-0.15, -0.1) is 0 Å². The van der Waals surface area contributed by atoms with Crippen LogP contribution in [-0.4, -0.2) is 15.0 Å². The third-order valence-electron chi connectivity index (χ3n) is 9.01. The molecule has 6 aromatic carbocycles. The molecule has 0 saturated carbocycles. The maximum absolute atomic E-state index is 6.72. The number of para-hydroxylation sites is 1. The number of aromatic nitrogens is 3. The minimum atomic E-state index is 0.655. The van der Waals surface area contributed by atoms with Crippen molar-refractivity contribution in [2.45, 2.75) is 12.8 Å². The molecule has 0 bridgehead atoms. The number of hydrogen-bond acceptors (Lipinski definition) is 4. The van der Waals surface area contributed by atoms with E-state index in [-0.39, 0.29) is 0 Å². The highest BCUT2D eigenvalue weighted by Crippen LogP contribution is 2.42. The lowest BCUT2D eigenvalue weighted by Crippen LogP contribution is -2.06. The van der Waals surface area contributed by atoms with Crippen LogP contribution < -0.4 is 0 Å². The summed E-state index contributed by atoms with van der Waals surface area (Å²) in [5.74, 6) is 2.94. The van der Waals surface area contributed by atoms with Gasteiger partial charge in [0.05, 0.1) is 0 Å². The Morgan fingerprint density at radius 3 is 1.72 bits per heavy atom. The fourth-order valence-electron chi connectivity index (χ4n) is 6.76. The molecular formula is C43H29N3O. The first-order valence-corrected chi connectivity index (χ1v) is 16.0. The van der Waals surface area contributed by atoms with Gasteiger partial charge in [0.2, 0.25) is 0 Å². The number of furan rings is 1. The first-order valence-electron chi connectivity index (χ1n) is 16.0. The van der Waals surface area contributed by atoms with Gasteiger partial charge >= 0.3 is 0 Å². The Kier molecular flexibility index (Phi) is 6.57. The largest absolute Gasteiger partial charge is 0.460 e. The van der Waals surface area contributed by atoms with E-state index >= 15 is 0 Å². The van der Waals surface area contributed by atoms with Crippen LogP contribution in [0.4, 0.5) is 0 Å². The van der Waals surface area contributed by atoms with Crippen molar-refractivity contribution in [3.8, 4) is 45.0 Å². The van der Waals surface area contributed by atoms with Gasteiger partial charge in [0, 0.05) is 39.6 Å². The normalized spacial score (nSPS) is 12.6. The fraction of sp³-hybridized carbons (Fsp3) is 0.0465.